The fourth-order valence-corrected chi connectivity index (χ4v) is 6.03. The van der Waals surface area contributed by atoms with Gasteiger partial charge >= 0.3 is 0 Å². The standard InChI is InChI=1S/C18H25N3S2/c1-3-13-9-14(4-1)11-15(10-13)6-7-19-12-17-20-21-18(23-17)16-5-2-8-22-16/h2,5,8,13-15,19H,1,3-4,6-7,9-12H2. The molecule has 0 amide bonds. The average Bonchev–Trinajstić information content (AvgIpc) is 3.22. The van der Waals surface area contributed by atoms with Crippen molar-refractivity contribution in [3.05, 3.63) is 22.5 Å². The first-order valence-corrected chi connectivity index (χ1v) is 10.6. The predicted octanol–water partition coefficient (Wildman–Crippen LogP) is 4.96. The summed E-state index contributed by atoms with van der Waals surface area (Å²) in [6.45, 7) is 1.99. The molecule has 0 radical (unpaired) electrons. The maximum Gasteiger partial charge on any atom is 0.157 e. The van der Waals surface area contributed by atoms with Crippen LogP contribution in [0, 0.1) is 17.8 Å². The van der Waals surface area contributed by atoms with Crippen molar-refractivity contribution >= 4 is 22.7 Å². The molecule has 2 aliphatic rings. The first-order valence-electron chi connectivity index (χ1n) is 8.94. The van der Waals surface area contributed by atoms with E-state index in [0.717, 1.165) is 40.9 Å². The van der Waals surface area contributed by atoms with Crippen LogP contribution < -0.4 is 5.32 Å². The number of nitrogens with one attached hydrogen (secondary N) is 1. The highest BCUT2D eigenvalue weighted by molar-refractivity contribution is 7.20. The van der Waals surface area contributed by atoms with E-state index >= 15 is 0 Å². The Morgan fingerprint density at radius 2 is 2.00 bits per heavy atom. The topological polar surface area (TPSA) is 37.8 Å². The molecular formula is C18H25N3S2. The number of rotatable bonds is 6. The van der Waals surface area contributed by atoms with E-state index in [-0.39, 0.29) is 0 Å². The molecule has 2 bridgehead atoms. The highest BCUT2D eigenvalue weighted by Gasteiger charge is 2.31. The third-order valence-corrected chi connectivity index (χ3v) is 7.39. The lowest BCUT2D eigenvalue weighted by Gasteiger charge is -2.39. The highest BCUT2D eigenvalue weighted by Crippen LogP contribution is 2.43. The van der Waals surface area contributed by atoms with Gasteiger partial charge in [0, 0.05) is 6.54 Å². The zero-order chi connectivity index (χ0) is 15.5. The van der Waals surface area contributed by atoms with E-state index in [2.05, 4.69) is 33.0 Å². The van der Waals surface area contributed by atoms with Gasteiger partial charge in [-0.1, -0.05) is 36.7 Å². The maximum atomic E-state index is 4.32. The molecule has 4 rings (SSSR count). The monoisotopic (exact) mass is 347 g/mol. The number of aromatic nitrogens is 2. The molecule has 3 nitrogen and oxygen atoms in total. The van der Waals surface area contributed by atoms with E-state index in [4.69, 9.17) is 0 Å². The molecule has 2 atom stereocenters. The van der Waals surface area contributed by atoms with Gasteiger partial charge in [-0.3, -0.25) is 0 Å². The van der Waals surface area contributed by atoms with Crippen molar-refractivity contribution in [2.75, 3.05) is 6.54 Å². The minimum Gasteiger partial charge on any atom is -0.310 e. The zero-order valence-corrected chi connectivity index (χ0v) is 15.2. The van der Waals surface area contributed by atoms with Gasteiger partial charge in [0.15, 0.2) is 5.01 Å². The second-order valence-corrected chi connectivity index (χ2v) is 9.19. The molecule has 0 spiro atoms. The van der Waals surface area contributed by atoms with Crippen molar-refractivity contribution in [1.29, 1.82) is 0 Å². The predicted molar refractivity (Wildman–Crippen MR) is 97.7 cm³/mol. The molecule has 1 N–H and O–H groups in total. The fraction of sp³-hybridized carbons (Fsp3) is 0.667. The second kappa shape index (κ2) is 7.41. The Balaban J connectivity index is 1.20. The summed E-state index contributed by atoms with van der Waals surface area (Å²) in [6, 6.07) is 4.18. The lowest BCUT2D eigenvalue weighted by molar-refractivity contribution is 0.132. The molecule has 2 aromatic heterocycles. The van der Waals surface area contributed by atoms with Crippen molar-refractivity contribution in [2.24, 2.45) is 17.8 Å². The summed E-state index contributed by atoms with van der Waals surface area (Å²) in [6.07, 6.45) is 10.3. The molecule has 124 valence electrons. The molecule has 23 heavy (non-hydrogen) atoms. The van der Waals surface area contributed by atoms with Crippen LogP contribution in [0.1, 0.15) is 50.0 Å². The van der Waals surface area contributed by atoms with Crippen LogP contribution in [0.5, 0.6) is 0 Å². The molecule has 2 saturated carbocycles. The third kappa shape index (κ3) is 4.01. The molecule has 2 fully saturated rings. The van der Waals surface area contributed by atoms with Crippen LogP contribution in [-0.2, 0) is 6.54 Å². The summed E-state index contributed by atoms with van der Waals surface area (Å²) in [5.41, 5.74) is 0. The van der Waals surface area contributed by atoms with Gasteiger partial charge in [-0.15, -0.1) is 21.5 Å². The van der Waals surface area contributed by atoms with Crippen molar-refractivity contribution in [2.45, 2.75) is 51.5 Å². The number of fused-ring (bicyclic) bond motifs is 2. The van der Waals surface area contributed by atoms with Crippen molar-refractivity contribution < 1.29 is 0 Å². The van der Waals surface area contributed by atoms with Gasteiger partial charge in [0.25, 0.3) is 0 Å². The quantitative estimate of drug-likeness (QED) is 0.750. The largest absolute Gasteiger partial charge is 0.310 e. The molecule has 5 heteroatoms. The Labute approximate surface area is 146 Å². The minimum atomic E-state index is 0.864. The Kier molecular flexibility index (Phi) is 5.07. The smallest absolute Gasteiger partial charge is 0.157 e. The van der Waals surface area contributed by atoms with Crippen LogP contribution in [0.3, 0.4) is 0 Å². The maximum absolute atomic E-state index is 4.32. The number of nitrogens with zero attached hydrogens (tertiary/aromatic N) is 2. The number of thiophene rings is 1. The number of hydrogen-bond acceptors (Lipinski definition) is 5. The summed E-state index contributed by atoms with van der Waals surface area (Å²) in [7, 11) is 0. The van der Waals surface area contributed by atoms with E-state index in [1.54, 1.807) is 22.7 Å². The average molecular weight is 348 g/mol. The van der Waals surface area contributed by atoms with Crippen LogP contribution in [0.4, 0.5) is 0 Å². The van der Waals surface area contributed by atoms with E-state index in [0.29, 0.717) is 0 Å². The number of hydrogen-bond donors (Lipinski definition) is 1. The van der Waals surface area contributed by atoms with Crippen LogP contribution >= 0.6 is 22.7 Å². The molecule has 0 aliphatic heterocycles. The van der Waals surface area contributed by atoms with Gasteiger partial charge in [-0.2, -0.15) is 0 Å². The van der Waals surface area contributed by atoms with Gasteiger partial charge in [-0.25, -0.2) is 0 Å². The lowest BCUT2D eigenvalue weighted by Crippen LogP contribution is -2.28. The summed E-state index contributed by atoms with van der Waals surface area (Å²) in [5.74, 6) is 3.05. The normalized spacial score (nSPS) is 27.2. The third-order valence-electron chi connectivity index (χ3n) is 5.43. The SMILES string of the molecule is c1csc(-c2nnc(CNCCC3CC4CCCC(C4)C3)s2)c1. The van der Waals surface area contributed by atoms with Gasteiger partial charge in [-0.05, 0) is 61.4 Å². The molecular weight excluding hydrogens is 322 g/mol. The highest BCUT2D eigenvalue weighted by atomic mass is 32.1. The Morgan fingerprint density at radius 1 is 1.13 bits per heavy atom. The summed E-state index contributed by atoms with van der Waals surface area (Å²) in [4.78, 5) is 1.22. The lowest BCUT2D eigenvalue weighted by atomic mass is 9.67. The van der Waals surface area contributed by atoms with Crippen molar-refractivity contribution in [3.8, 4) is 9.88 Å². The van der Waals surface area contributed by atoms with Crippen LogP contribution in [0.25, 0.3) is 9.88 Å². The van der Waals surface area contributed by atoms with Gasteiger partial charge in [0.1, 0.15) is 5.01 Å². The Hall–Kier alpha value is -0.780. The Bertz CT molecular complexity index is 596. The first kappa shape index (κ1) is 15.7. The van der Waals surface area contributed by atoms with Gasteiger partial charge in [0.05, 0.1) is 4.88 Å². The van der Waals surface area contributed by atoms with E-state index in [1.807, 2.05) is 0 Å². The second-order valence-electron chi connectivity index (χ2n) is 7.18. The Morgan fingerprint density at radius 3 is 2.78 bits per heavy atom. The van der Waals surface area contributed by atoms with Gasteiger partial charge in [0.2, 0.25) is 0 Å². The van der Waals surface area contributed by atoms with E-state index in [9.17, 15) is 0 Å². The van der Waals surface area contributed by atoms with Crippen LogP contribution in [0.2, 0.25) is 0 Å². The molecule has 2 heterocycles. The molecule has 0 aromatic carbocycles. The van der Waals surface area contributed by atoms with Crippen molar-refractivity contribution in [1.82, 2.24) is 15.5 Å². The summed E-state index contributed by atoms with van der Waals surface area (Å²) < 4.78 is 0. The molecule has 2 unspecified atom stereocenters. The van der Waals surface area contributed by atoms with Crippen molar-refractivity contribution in [3.63, 3.8) is 0 Å². The minimum absolute atomic E-state index is 0.864. The fourth-order valence-electron chi connectivity index (χ4n) is 4.43. The van der Waals surface area contributed by atoms with Crippen LogP contribution in [0.15, 0.2) is 17.5 Å². The molecule has 0 saturated heterocycles. The summed E-state index contributed by atoms with van der Waals surface area (Å²) >= 11 is 3.45. The van der Waals surface area contributed by atoms with E-state index < -0.39 is 0 Å². The zero-order valence-electron chi connectivity index (χ0n) is 13.5. The summed E-state index contributed by atoms with van der Waals surface area (Å²) in [5, 5.41) is 16.5. The molecule has 2 aliphatic carbocycles. The molecule has 2 aromatic rings. The van der Waals surface area contributed by atoms with E-state index in [1.165, 1.54) is 49.8 Å². The van der Waals surface area contributed by atoms with Gasteiger partial charge < -0.3 is 5.32 Å². The van der Waals surface area contributed by atoms with Crippen LogP contribution in [-0.4, -0.2) is 16.7 Å². The first-order chi connectivity index (χ1) is 11.4.